The first-order valence-corrected chi connectivity index (χ1v) is 9.00. The van der Waals surface area contributed by atoms with E-state index in [-0.39, 0.29) is 11.9 Å². The minimum Gasteiger partial charge on any atom is -0.369 e. The zero-order valence-corrected chi connectivity index (χ0v) is 14.6. The van der Waals surface area contributed by atoms with Crippen LogP contribution < -0.4 is 5.73 Å². The maximum Gasteiger partial charge on any atom is 0.231 e. The SMILES string of the molecule is CN1C(=O)C[C@@](C)(c2cc(-c3cncc(C4CC4)c3)cs2)N=C1N. The van der Waals surface area contributed by atoms with Crippen molar-refractivity contribution in [3.05, 3.63) is 40.3 Å². The molecule has 1 amide bonds. The lowest BCUT2D eigenvalue weighted by Gasteiger charge is -2.32. The van der Waals surface area contributed by atoms with Gasteiger partial charge in [-0.2, -0.15) is 0 Å². The molecule has 0 spiro atoms. The number of thiophene rings is 1. The Balaban J connectivity index is 1.67. The second kappa shape index (κ2) is 5.41. The molecule has 2 aliphatic rings. The quantitative estimate of drug-likeness (QED) is 0.933. The van der Waals surface area contributed by atoms with Crippen molar-refractivity contribution in [2.75, 3.05) is 7.05 Å². The molecule has 1 aliphatic carbocycles. The van der Waals surface area contributed by atoms with Crippen LogP contribution in [-0.4, -0.2) is 28.8 Å². The molecule has 6 heteroatoms. The number of aromatic nitrogens is 1. The third-order valence-corrected chi connectivity index (χ3v) is 6.03. The highest BCUT2D eigenvalue weighted by molar-refractivity contribution is 7.10. The van der Waals surface area contributed by atoms with Crippen molar-refractivity contribution in [1.82, 2.24) is 9.88 Å². The molecule has 0 aromatic carbocycles. The fourth-order valence-electron chi connectivity index (χ4n) is 3.08. The highest BCUT2D eigenvalue weighted by Crippen LogP contribution is 2.42. The van der Waals surface area contributed by atoms with Crippen molar-refractivity contribution in [2.45, 2.75) is 37.6 Å². The highest BCUT2D eigenvalue weighted by Gasteiger charge is 2.37. The van der Waals surface area contributed by atoms with Crippen LogP contribution in [-0.2, 0) is 10.3 Å². The Labute approximate surface area is 145 Å². The van der Waals surface area contributed by atoms with Crippen LogP contribution in [0.5, 0.6) is 0 Å². The standard InChI is InChI=1S/C18H20N4OS/c1-18(7-16(23)22(2)17(19)21-18)15-6-14(10-24-15)13-5-12(8-20-9-13)11-3-4-11/h5-6,8-11H,3-4,7H2,1-2H3,(H2,19,21)/t18-/m0/s1. The van der Waals surface area contributed by atoms with Gasteiger partial charge in [0.2, 0.25) is 5.91 Å². The first kappa shape index (κ1) is 15.3. The van der Waals surface area contributed by atoms with Crippen molar-refractivity contribution in [3.8, 4) is 11.1 Å². The molecule has 1 aliphatic heterocycles. The fourth-order valence-corrected chi connectivity index (χ4v) is 4.10. The number of hydrogen-bond donors (Lipinski definition) is 1. The number of guanidine groups is 1. The minimum atomic E-state index is -0.585. The molecule has 1 saturated carbocycles. The van der Waals surface area contributed by atoms with Gasteiger partial charge in [-0.3, -0.25) is 14.7 Å². The summed E-state index contributed by atoms with van der Waals surface area (Å²) in [4.78, 5) is 23.6. The third-order valence-electron chi connectivity index (χ3n) is 4.85. The zero-order valence-electron chi connectivity index (χ0n) is 13.8. The molecule has 24 heavy (non-hydrogen) atoms. The van der Waals surface area contributed by atoms with Crippen LogP contribution in [0.4, 0.5) is 0 Å². The number of nitrogens with two attached hydrogens (primary N) is 1. The van der Waals surface area contributed by atoms with Crippen molar-refractivity contribution in [1.29, 1.82) is 0 Å². The molecule has 5 nitrogen and oxygen atoms in total. The predicted molar refractivity (Wildman–Crippen MR) is 95.9 cm³/mol. The summed E-state index contributed by atoms with van der Waals surface area (Å²) in [5, 5.41) is 2.11. The van der Waals surface area contributed by atoms with Gasteiger partial charge in [0.25, 0.3) is 0 Å². The van der Waals surface area contributed by atoms with E-state index in [1.165, 1.54) is 23.3 Å². The number of rotatable bonds is 3. The smallest absolute Gasteiger partial charge is 0.231 e. The number of hydrogen-bond acceptors (Lipinski definition) is 5. The maximum absolute atomic E-state index is 12.2. The minimum absolute atomic E-state index is 0.00246. The molecule has 0 radical (unpaired) electrons. The lowest BCUT2D eigenvalue weighted by atomic mass is 9.93. The number of carbonyl (C=O) groups excluding carboxylic acids is 1. The topological polar surface area (TPSA) is 71.6 Å². The fraction of sp³-hybridized carbons (Fsp3) is 0.389. The largest absolute Gasteiger partial charge is 0.369 e. The number of aliphatic imine (C=N–C) groups is 1. The van der Waals surface area contributed by atoms with Gasteiger partial charge in [0, 0.05) is 29.9 Å². The average molecular weight is 340 g/mol. The molecule has 2 aromatic rings. The summed E-state index contributed by atoms with van der Waals surface area (Å²) in [6.07, 6.45) is 6.74. The molecule has 124 valence electrons. The first-order chi connectivity index (χ1) is 11.5. The normalized spacial score (nSPS) is 24.2. The van der Waals surface area contributed by atoms with Gasteiger partial charge in [-0.15, -0.1) is 11.3 Å². The van der Waals surface area contributed by atoms with Crippen LogP contribution in [0.3, 0.4) is 0 Å². The van der Waals surface area contributed by atoms with E-state index in [0.717, 1.165) is 16.0 Å². The van der Waals surface area contributed by atoms with E-state index in [2.05, 4.69) is 27.5 Å². The number of carbonyl (C=O) groups is 1. The molecular formula is C18H20N4OS. The molecule has 4 rings (SSSR count). The van der Waals surface area contributed by atoms with Crippen molar-refractivity contribution in [3.63, 3.8) is 0 Å². The van der Waals surface area contributed by atoms with E-state index in [1.807, 2.05) is 19.3 Å². The zero-order chi connectivity index (χ0) is 16.9. The second-order valence-electron chi connectivity index (χ2n) is 6.85. The van der Waals surface area contributed by atoms with Gasteiger partial charge >= 0.3 is 0 Å². The van der Waals surface area contributed by atoms with Crippen LogP contribution >= 0.6 is 11.3 Å². The van der Waals surface area contributed by atoms with Crippen molar-refractivity contribution in [2.24, 2.45) is 10.7 Å². The van der Waals surface area contributed by atoms with E-state index in [4.69, 9.17) is 5.73 Å². The molecular weight excluding hydrogens is 320 g/mol. The van der Waals surface area contributed by atoms with E-state index in [0.29, 0.717) is 12.3 Å². The highest BCUT2D eigenvalue weighted by atomic mass is 32.1. The predicted octanol–water partition coefficient (Wildman–Crippen LogP) is 3.08. The Morgan fingerprint density at radius 1 is 1.29 bits per heavy atom. The monoisotopic (exact) mass is 340 g/mol. The average Bonchev–Trinajstić information content (AvgIpc) is 3.29. The summed E-state index contributed by atoms with van der Waals surface area (Å²) in [5.74, 6) is 0.961. The molecule has 1 fully saturated rings. The van der Waals surface area contributed by atoms with Crippen molar-refractivity contribution >= 4 is 23.2 Å². The lowest BCUT2D eigenvalue weighted by molar-refractivity contribution is -0.128. The van der Waals surface area contributed by atoms with E-state index < -0.39 is 5.54 Å². The summed E-state index contributed by atoms with van der Waals surface area (Å²) < 4.78 is 0. The summed E-state index contributed by atoms with van der Waals surface area (Å²) in [7, 11) is 1.66. The van der Waals surface area contributed by atoms with Gasteiger partial charge in [0.05, 0.1) is 6.42 Å². The Hall–Kier alpha value is -2.21. The molecule has 2 aromatic heterocycles. The van der Waals surface area contributed by atoms with Crippen molar-refractivity contribution < 1.29 is 4.79 Å². The molecule has 2 N–H and O–H groups in total. The van der Waals surface area contributed by atoms with Gasteiger partial charge in [0.15, 0.2) is 5.96 Å². The summed E-state index contributed by atoms with van der Waals surface area (Å²) in [6, 6.07) is 4.35. The van der Waals surface area contributed by atoms with Crippen LogP contribution in [0, 0.1) is 0 Å². The van der Waals surface area contributed by atoms with Gasteiger partial charge < -0.3 is 5.73 Å². The molecule has 0 saturated heterocycles. The summed E-state index contributed by atoms with van der Waals surface area (Å²) in [6.45, 7) is 1.97. The summed E-state index contributed by atoms with van der Waals surface area (Å²) >= 11 is 1.62. The van der Waals surface area contributed by atoms with E-state index in [1.54, 1.807) is 18.4 Å². The Morgan fingerprint density at radius 3 is 2.79 bits per heavy atom. The van der Waals surface area contributed by atoms with Gasteiger partial charge in [-0.1, -0.05) is 0 Å². The molecule has 3 heterocycles. The number of nitrogens with zero attached hydrogens (tertiary/aromatic N) is 3. The third kappa shape index (κ3) is 2.60. The number of amides is 1. The van der Waals surface area contributed by atoms with Gasteiger partial charge in [-0.05, 0) is 54.3 Å². The first-order valence-electron chi connectivity index (χ1n) is 8.12. The molecule has 0 unspecified atom stereocenters. The lowest BCUT2D eigenvalue weighted by Crippen LogP contribution is -2.47. The van der Waals surface area contributed by atoms with Gasteiger partial charge in [-0.25, -0.2) is 4.99 Å². The van der Waals surface area contributed by atoms with Crippen LogP contribution in [0.2, 0.25) is 0 Å². The maximum atomic E-state index is 12.2. The van der Waals surface area contributed by atoms with E-state index in [9.17, 15) is 4.79 Å². The van der Waals surface area contributed by atoms with Crippen LogP contribution in [0.1, 0.15) is 42.5 Å². The van der Waals surface area contributed by atoms with Crippen LogP contribution in [0.15, 0.2) is 34.9 Å². The summed E-state index contributed by atoms with van der Waals surface area (Å²) in [5.41, 5.74) is 8.90. The van der Waals surface area contributed by atoms with Crippen LogP contribution in [0.25, 0.3) is 11.1 Å². The number of pyridine rings is 1. The Kier molecular flexibility index (Phi) is 3.46. The second-order valence-corrected chi connectivity index (χ2v) is 7.77. The van der Waals surface area contributed by atoms with Gasteiger partial charge in [0.1, 0.15) is 5.54 Å². The molecule has 1 atom stereocenters. The van der Waals surface area contributed by atoms with E-state index >= 15 is 0 Å². The molecule has 0 bridgehead atoms. The Morgan fingerprint density at radius 2 is 2.08 bits per heavy atom. The Bertz CT molecular complexity index is 839.